The maximum Gasteiger partial charge on any atom is 0.225 e. The Balaban J connectivity index is 2.15. The molecule has 1 aromatic carbocycles. The Kier molecular flexibility index (Phi) is 4.46. The fraction of sp³-hybridized carbons (Fsp3) is 0.444. The van der Waals surface area contributed by atoms with Crippen LogP contribution in [0.4, 0.5) is 0 Å². The SMILES string of the molecule is COc1cc(OC)c(C2CC(=O)NC3=C2C(=O)CCC3)cc1OC. The molecule has 0 saturated carbocycles. The van der Waals surface area contributed by atoms with Gasteiger partial charge in [-0.3, -0.25) is 9.59 Å². The van der Waals surface area contributed by atoms with E-state index in [4.69, 9.17) is 14.2 Å². The van der Waals surface area contributed by atoms with Crippen LogP contribution >= 0.6 is 0 Å². The monoisotopic (exact) mass is 331 g/mol. The van der Waals surface area contributed by atoms with E-state index >= 15 is 0 Å². The second kappa shape index (κ2) is 6.55. The van der Waals surface area contributed by atoms with E-state index < -0.39 is 0 Å². The van der Waals surface area contributed by atoms with Gasteiger partial charge in [-0.1, -0.05) is 0 Å². The number of carbonyl (C=O) groups is 2. The third kappa shape index (κ3) is 2.72. The van der Waals surface area contributed by atoms with E-state index in [1.165, 1.54) is 0 Å². The molecule has 0 radical (unpaired) electrons. The summed E-state index contributed by atoms with van der Waals surface area (Å²) >= 11 is 0. The Bertz CT molecular complexity index is 722. The van der Waals surface area contributed by atoms with Crippen LogP contribution in [0.3, 0.4) is 0 Å². The zero-order chi connectivity index (χ0) is 17.3. The van der Waals surface area contributed by atoms with Gasteiger partial charge in [-0.25, -0.2) is 0 Å². The molecule has 6 nitrogen and oxygen atoms in total. The van der Waals surface area contributed by atoms with Crippen LogP contribution in [0, 0.1) is 0 Å². The van der Waals surface area contributed by atoms with Crippen LogP contribution in [-0.4, -0.2) is 33.0 Å². The van der Waals surface area contributed by atoms with Crippen molar-refractivity contribution in [3.05, 3.63) is 29.0 Å². The van der Waals surface area contributed by atoms with Crippen molar-refractivity contribution >= 4 is 11.7 Å². The largest absolute Gasteiger partial charge is 0.496 e. The average Bonchev–Trinajstić information content (AvgIpc) is 2.59. The summed E-state index contributed by atoms with van der Waals surface area (Å²) in [6.45, 7) is 0. The van der Waals surface area contributed by atoms with E-state index in [1.807, 2.05) is 0 Å². The zero-order valence-electron chi connectivity index (χ0n) is 14.1. The van der Waals surface area contributed by atoms with Crippen LogP contribution in [0.1, 0.15) is 37.2 Å². The molecule has 0 aromatic heterocycles. The van der Waals surface area contributed by atoms with Gasteiger partial charge < -0.3 is 19.5 Å². The quantitative estimate of drug-likeness (QED) is 0.916. The minimum Gasteiger partial charge on any atom is -0.496 e. The molecule has 0 saturated heterocycles. The lowest BCUT2D eigenvalue weighted by atomic mass is 9.77. The Morgan fingerprint density at radius 1 is 0.958 bits per heavy atom. The number of methoxy groups -OCH3 is 3. The van der Waals surface area contributed by atoms with Gasteiger partial charge in [0, 0.05) is 41.7 Å². The van der Waals surface area contributed by atoms with Gasteiger partial charge in [-0.05, 0) is 18.9 Å². The van der Waals surface area contributed by atoms with Crippen LogP contribution in [0.5, 0.6) is 17.2 Å². The molecule has 1 aliphatic carbocycles. The molecule has 1 aliphatic heterocycles. The number of rotatable bonds is 4. The molecular weight excluding hydrogens is 310 g/mol. The summed E-state index contributed by atoms with van der Waals surface area (Å²) in [5, 5.41) is 2.86. The lowest BCUT2D eigenvalue weighted by molar-refractivity contribution is -0.122. The van der Waals surface area contributed by atoms with Crippen LogP contribution in [-0.2, 0) is 9.59 Å². The molecule has 0 spiro atoms. The Labute approximate surface area is 140 Å². The summed E-state index contributed by atoms with van der Waals surface area (Å²) in [4.78, 5) is 24.6. The molecule has 0 fully saturated rings. The summed E-state index contributed by atoms with van der Waals surface area (Å²) in [6.07, 6.45) is 2.23. The Morgan fingerprint density at radius 2 is 1.62 bits per heavy atom. The van der Waals surface area contributed by atoms with Gasteiger partial charge in [0.05, 0.1) is 21.3 Å². The second-order valence-electron chi connectivity index (χ2n) is 5.92. The van der Waals surface area contributed by atoms with Crippen LogP contribution in [0.25, 0.3) is 0 Å². The molecule has 2 aliphatic rings. The van der Waals surface area contributed by atoms with Crippen LogP contribution in [0.2, 0.25) is 0 Å². The van der Waals surface area contributed by atoms with Crippen molar-refractivity contribution in [1.29, 1.82) is 0 Å². The van der Waals surface area contributed by atoms with E-state index in [2.05, 4.69) is 5.32 Å². The Hall–Kier alpha value is -2.50. The number of hydrogen-bond acceptors (Lipinski definition) is 5. The number of ether oxygens (including phenoxy) is 3. The maximum atomic E-state index is 12.5. The topological polar surface area (TPSA) is 73.9 Å². The van der Waals surface area contributed by atoms with Crippen molar-refractivity contribution in [3.63, 3.8) is 0 Å². The van der Waals surface area contributed by atoms with Gasteiger partial charge in [0.2, 0.25) is 5.91 Å². The smallest absolute Gasteiger partial charge is 0.225 e. The number of Topliss-reactive ketones (excluding diaryl/α,β-unsaturated/α-hetero) is 1. The molecule has 3 rings (SSSR count). The van der Waals surface area contributed by atoms with Crippen molar-refractivity contribution in [2.45, 2.75) is 31.6 Å². The minimum absolute atomic E-state index is 0.0784. The lowest BCUT2D eigenvalue weighted by Crippen LogP contribution is -2.36. The van der Waals surface area contributed by atoms with Gasteiger partial charge in [-0.15, -0.1) is 0 Å². The van der Waals surface area contributed by atoms with Crippen molar-refractivity contribution < 1.29 is 23.8 Å². The minimum atomic E-state index is -0.323. The predicted octanol–water partition coefficient (Wildman–Crippen LogP) is 2.32. The summed E-state index contributed by atoms with van der Waals surface area (Å²) in [7, 11) is 4.67. The fourth-order valence-corrected chi connectivity index (χ4v) is 3.50. The number of ketones is 1. The number of nitrogens with one attached hydrogen (secondary N) is 1. The average molecular weight is 331 g/mol. The standard InChI is InChI=1S/C18H21NO5/c1-22-14-9-16(24-3)15(23-2)7-10(14)11-8-17(21)19-12-5-4-6-13(20)18(11)12/h7,9,11H,4-6,8H2,1-3H3,(H,19,21). The molecule has 0 bridgehead atoms. The van der Waals surface area contributed by atoms with Crippen LogP contribution < -0.4 is 19.5 Å². The maximum absolute atomic E-state index is 12.5. The molecule has 1 heterocycles. The van der Waals surface area contributed by atoms with Crippen molar-refractivity contribution in [2.24, 2.45) is 0 Å². The molecule has 6 heteroatoms. The van der Waals surface area contributed by atoms with Gasteiger partial charge in [-0.2, -0.15) is 0 Å². The molecule has 1 unspecified atom stereocenters. The van der Waals surface area contributed by atoms with E-state index in [9.17, 15) is 9.59 Å². The van der Waals surface area contributed by atoms with Crippen LogP contribution in [0.15, 0.2) is 23.4 Å². The van der Waals surface area contributed by atoms with Gasteiger partial charge in [0.15, 0.2) is 17.3 Å². The van der Waals surface area contributed by atoms with E-state index in [0.717, 1.165) is 24.1 Å². The lowest BCUT2D eigenvalue weighted by Gasteiger charge is -2.32. The number of hydrogen-bond donors (Lipinski definition) is 1. The first kappa shape index (κ1) is 16.4. The van der Waals surface area contributed by atoms with Gasteiger partial charge in [0.1, 0.15) is 5.75 Å². The first-order valence-corrected chi connectivity index (χ1v) is 7.95. The molecular formula is C18H21NO5. The fourth-order valence-electron chi connectivity index (χ4n) is 3.50. The first-order chi connectivity index (χ1) is 11.6. The molecule has 1 atom stereocenters. The predicted molar refractivity (Wildman–Crippen MR) is 87.5 cm³/mol. The summed E-state index contributed by atoms with van der Waals surface area (Å²) < 4.78 is 16.2. The normalized spacial score (nSPS) is 20.4. The van der Waals surface area contributed by atoms with E-state index in [0.29, 0.717) is 29.2 Å². The third-order valence-corrected chi connectivity index (χ3v) is 4.60. The van der Waals surface area contributed by atoms with Gasteiger partial charge in [0.25, 0.3) is 0 Å². The number of allylic oxidation sites excluding steroid dienone is 2. The summed E-state index contributed by atoms with van der Waals surface area (Å²) in [6, 6.07) is 3.53. The summed E-state index contributed by atoms with van der Waals surface area (Å²) in [5.74, 6) is 1.37. The summed E-state index contributed by atoms with van der Waals surface area (Å²) in [5.41, 5.74) is 2.23. The molecule has 128 valence electrons. The third-order valence-electron chi connectivity index (χ3n) is 4.60. The molecule has 24 heavy (non-hydrogen) atoms. The van der Waals surface area contributed by atoms with Crippen molar-refractivity contribution in [2.75, 3.05) is 21.3 Å². The Morgan fingerprint density at radius 3 is 2.29 bits per heavy atom. The number of benzene rings is 1. The van der Waals surface area contributed by atoms with Gasteiger partial charge >= 0.3 is 0 Å². The highest BCUT2D eigenvalue weighted by molar-refractivity contribution is 6.01. The zero-order valence-corrected chi connectivity index (χ0v) is 14.1. The molecule has 1 N–H and O–H groups in total. The van der Waals surface area contributed by atoms with E-state index in [1.54, 1.807) is 33.5 Å². The highest BCUT2D eigenvalue weighted by atomic mass is 16.5. The highest BCUT2D eigenvalue weighted by Crippen LogP contribution is 2.45. The highest BCUT2D eigenvalue weighted by Gasteiger charge is 2.36. The van der Waals surface area contributed by atoms with Crippen molar-refractivity contribution in [1.82, 2.24) is 5.32 Å². The van der Waals surface area contributed by atoms with Crippen molar-refractivity contribution in [3.8, 4) is 17.2 Å². The molecule has 1 amide bonds. The number of amides is 1. The first-order valence-electron chi connectivity index (χ1n) is 7.95. The second-order valence-corrected chi connectivity index (χ2v) is 5.92. The number of carbonyl (C=O) groups excluding carboxylic acids is 2. The van der Waals surface area contributed by atoms with E-state index in [-0.39, 0.29) is 24.0 Å². The molecule has 1 aromatic rings.